The van der Waals surface area contributed by atoms with Crippen molar-refractivity contribution in [2.24, 2.45) is 5.41 Å². The van der Waals surface area contributed by atoms with Gasteiger partial charge in [-0.05, 0) is 36.4 Å². The molecular formula is C15H23F2N. The number of halogens is 2. The Morgan fingerprint density at radius 2 is 1.89 bits per heavy atom. The van der Waals surface area contributed by atoms with Gasteiger partial charge in [0.2, 0.25) is 0 Å². The van der Waals surface area contributed by atoms with Crippen molar-refractivity contribution in [3.63, 3.8) is 0 Å². The van der Waals surface area contributed by atoms with E-state index in [0.29, 0.717) is 12.0 Å². The van der Waals surface area contributed by atoms with E-state index >= 15 is 0 Å². The first-order chi connectivity index (χ1) is 8.42. The lowest BCUT2D eigenvalue weighted by molar-refractivity contribution is 0.231. The van der Waals surface area contributed by atoms with E-state index < -0.39 is 11.6 Å². The second kappa shape index (κ2) is 6.28. The zero-order valence-electron chi connectivity index (χ0n) is 11.7. The summed E-state index contributed by atoms with van der Waals surface area (Å²) in [5, 5.41) is 3.38. The molecule has 0 aromatic heterocycles. The fourth-order valence-electron chi connectivity index (χ4n) is 2.04. The van der Waals surface area contributed by atoms with Crippen molar-refractivity contribution in [3.8, 4) is 0 Å². The molecule has 0 radical (unpaired) electrons. The van der Waals surface area contributed by atoms with Gasteiger partial charge in [-0.1, -0.05) is 39.8 Å². The molecule has 1 atom stereocenters. The van der Waals surface area contributed by atoms with Crippen LogP contribution in [0.5, 0.6) is 0 Å². The Morgan fingerprint density at radius 1 is 1.22 bits per heavy atom. The van der Waals surface area contributed by atoms with E-state index in [1.807, 2.05) is 6.92 Å². The van der Waals surface area contributed by atoms with E-state index in [2.05, 4.69) is 26.1 Å². The number of hydrogen-bond donors (Lipinski definition) is 1. The predicted octanol–water partition coefficient (Wildman–Crippen LogP) is 3.92. The van der Waals surface area contributed by atoms with Gasteiger partial charge >= 0.3 is 0 Å². The van der Waals surface area contributed by atoms with Crippen LogP contribution < -0.4 is 5.32 Å². The molecule has 102 valence electrons. The highest BCUT2D eigenvalue weighted by Gasteiger charge is 2.28. The van der Waals surface area contributed by atoms with Crippen LogP contribution in [0.1, 0.15) is 39.7 Å². The van der Waals surface area contributed by atoms with Crippen LogP contribution in [-0.4, -0.2) is 12.6 Å². The van der Waals surface area contributed by atoms with Gasteiger partial charge in [-0.25, -0.2) is 8.78 Å². The quantitative estimate of drug-likeness (QED) is 0.812. The number of nitrogens with one attached hydrogen (secondary N) is 1. The van der Waals surface area contributed by atoms with Crippen molar-refractivity contribution < 1.29 is 8.78 Å². The van der Waals surface area contributed by atoms with E-state index in [1.54, 1.807) is 12.1 Å². The van der Waals surface area contributed by atoms with Crippen molar-refractivity contribution in [1.29, 1.82) is 0 Å². The monoisotopic (exact) mass is 255 g/mol. The highest BCUT2D eigenvalue weighted by atomic mass is 19.2. The van der Waals surface area contributed by atoms with Crippen LogP contribution in [0.15, 0.2) is 18.2 Å². The molecule has 1 rings (SSSR count). The maximum atomic E-state index is 13.7. The maximum Gasteiger partial charge on any atom is 0.162 e. The van der Waals surface area contributed by atoms with Crippen LogP contribution in [0.3, 0.4) is 0 Å². The summed E-state index contributed by atoms with van der Waals surface area (Å²) in [6.07, 6.45) is 1.50. The second-order valence-electron chi connectivity index (χ2n) is 5.37. The van der Waals surface area contributed by atoms with Gasteiger partial charge in [0.15, 0.2) is 11.6 Å². The molecular weight excluding hydrogens is 232 g/mol. The number of rotatable bonds is 6. The smallest absolute Gasteiger partial charge is 0.162 e. The predicted molar refractivity (Wildman–Crippen MR) is 71.6 cm³/mol. The van der Waals surface area contributed by atoms with Crippen LogP contribution in [0.4, 0.5) is 8.78 Å². The molecule has 0 spiro atoms. The van der Waals surface area contributed by atoms with E-state index in [0.717, 1.165) is 19.0 Å². The van der Waals surface area contributed by atoms with Crippen LogP contribution >= 0.6 is 0 Å². The minimum absolute atomic E-state index is 0.0504. The Bertz CT molecular complexity index is 388. The first kappa shape index (κ1) is 15.1. The van der Waals surface area contributed by atoms with Crippen LogP contribution in [0.25, 0.3) is 0 Å². The Morgan fingerprint density at radius 3 is 2.44 bits per heavy atom. The zero-order chi connectivity index (χ0) is 13.8. The van der Waals surface area contributed by atoms with Crippen molar-refractivity contribution in [2.45, 2.75) is 46.6 Å². The first-order valence-electron chi connectivity index (χ1n) is 6.58. The number of likely N-dealkylation sites (N-methyl/N-ethyl adjacent to an activating group) is 1. The average molecular weight is 255 g/mol. The topological polar surface area (TPSA) is 12.0 Å². The highest BCUT2D eigenvalue weighted by Crippen LogP contribution is 2.28. The van der Waals surface area contributed by atoms with E-state index in [-0.39, 0.29) is 11.5 Å². The lowest BCUT2D eigenvalue weighted by Crippen LogP contribution is -2.43. The van der Waals surface area contributed by atoms with Gasteiger partial charge in [0.1, 0.15) is 0 Å². The molecule has 1 unspecified atom stereocenters. The maximum absolute atomic E-state index is 13.7. The SMILES string of the molecule is CCNC(Cc1cccc(F)c1F)C(C)(C)CC. The zero-order valence-corrected chi connectivity index (χ0v) is 11.7. The second-order valence-corrected chi connectivity index (χ2v) is 5.37. The Hall–Kier alpha value is -0.960. The fraction of sp³-hybridized carbons (Fsp3) is 0.600. The van der Waals surface area contributed by atoms with E-state index in [1.165, 1.54) is 0 Å². The lowest BCUT2D eigenvalue weighted by atomic mass is 9.79. The van der Waals surface area contributed by atoms with Crippen molar-refractivity contribution >= 4 is 0 Å². The molecule has 0 aliphatic rings. The van der Waals surface area contributed by atoms with E-state index in [4.69, 9.17) is 0 Å². The normalized spacial score (nSPS) is 13.7. The molecule has 0 amide bonds. The molecule has 1 N–H and O–H groups in total. The summed E-state index contributed by atoms with van der Waals surface area (Å²) in [6.45, 7) is 9.27. The van der Waals surface area contributed by atoms with Gasteiger partial charge in [-0.3, -0.25) is 0 Å². The molecule has 0 saturated carbocycles. The van der Waals surface area contributed by atoms with Crippen molar-refractivity contribution in [2.75, 3.05) is 6.54 Å². The Balaban J connectivity index is 2.93. The summed E-state index contributed by atoms with van der Waals surface area (Å²) in [7, 11) is 0. The number of hydrogen-bond acceptors (Lipinski definition) is 1. The van der Waals surface area contributed by atoms with Gasteiger partial charge in [-0.15, -0.1) is 0 Å². The molecule has 0 heterocycles. The van der Waals surface area contributed by atoms with Crippen molar-refractivity contribution in [3.05, 3.63) is 35.4 Å². The molecule has 0 aliphatic heterocycles. The van der Waals surface area contributed by atoms with Crippen molar-refractivity contribution in [1.82, 2.24) is 5.32 Å². The summed E-state index contributed by atoms with van der Waals surface area (Å²) in [5.41, 5.74) is 0.497. The summed E-state index contributed by atoms with van der Waals surface area (Å²) in [4.78, 5) is 0. The third-order valence-electron chi connectivity index (χ3n) is 3.76. The van der Waals surface area contributed by atoms with Gasteiger partial charge < -0.3 is 5.32 Å². The average Bonchev–Trinajstić information content (AvgIpc) is 2.34. The summed E-state index contributed by atoms with van der Waals surface area (Å²) in [6, 6.07) is 4.53. The van der Waals surface area contributed by atoms with Gasteiger partial charge in [0, 0.05) is 6.04 Å². The molecule has 0 aliphatic carbocycles. The summed E-state index contributed by atoms with van der Waals surface area (Å²) < 4.78 is 26.9. The molecule has 0 bridgehead atoms. The minimum Gasteiger partial charge on any atom is -0.313 e. The first-order valence-corrected chi connectivity index (χ1v) is 6.58. The standard InChI is InChI=1S/C15H23F2N/c1-5-15(3,4)13(18-6-2)10-11-8-7-9-12(16)14(11)17/h7-9,13,18H,5-6,10H2,1-4H3. The van der Waals surface area contributed by atoms with Crippen LogP contribution in [0.2, 0.25) is 0 Å². The summed E-state index contributed by atoms with van der Waals surface area (Å²) in [5.74, 6) is -1.48. The Kier molecular flexibility index (Phi) is 5.27. The van der Waals surface area contributed by atoms with Crippen LogP contribution in [-0.2, 0) is 6.42 Å². The third-order valence-corrected chi connectivity index (χ3v) is 3.76. The lowest BCUT2D eigenvalue weighted by Gasteiger charge is -2.34. The highest BCUT2D eigenvalue weighted by molar-refractivity contribution is 5.20. The molecule has 3 heteroatoms. The molecule has 0 fully saturated rings. The number of benzene rings is 1. The minimum atomic E-state index is -0.767. The molecule has 1 nitrogen and oxygen atoms in total. The molecule has 1 aromatic carbocycles. The van der Waals surface area contributed by atoms with Gasteiger partial charge in [-0.2, -0.15) is 0 Å². The summed E-state index contributed by atoms with van der Waals surface area (Å²) >= 11 is 0. The third kappa shape index (κ3) is 3.52. The Labute approximate surface area is 109 Å². The van der Waals surface area contributed by atoms with Gasteiger partial charge in [0.05, 0.1) is 0 Å². The molecule has 0 saturated heterocycles. The van der Waals surface area contributed by atoms with E-state index in [9.17, 15) is 8.78 Å². The molecule has 18 heavy (non-hydrogen) atoms. The van der Waals surface area contributed by atoms with Crippen LogP contribution in [0, 0.1) is 17.0 Å². The largest absolute Gasteiger partial charge is 0.313 e. The van der Waals surface area contributed by atoms with Gasteiger partial charge in [0.25, 0.3) is 0 Å². The molecule has 1 aromatic rings. The fourth-order valence-corrected chi connectivity index (χ4v) is 2.04.